The van der Waals surface area contributed by atoms with Gasteiger partial charge in [0.25, 0.3) is 0 Å². The van der Waals surface area contributed by atoms with Crippen LogP contribution in [0.25, 0.3) is 6.08 Å². The SMILES string of the molecule is CCOc1ccc(C2CCCN2C(=O)/C=C/c2ccc(F)cc2)cc1. The van der Waals surface area contributed by atoms with Gasteiger partial charge in [-0.1, -0.05) is 24.3 Å². The third-order valence-corrected chi connectivity index (χ3v) is 4.40. The molecule has 1 amide bonds. The van der Waals surface area contributed by atoms with Crippen LogP contribution in [0.1, 0.15) is 36.9 Å². The number of amides is 1. The van der Waals surface area contributed by atoms with E-state index in [9.17, 15) is 9.18 Å². The number of hydrogen-bond acceptors (Lipinski definition) is 2. The van der Waals surface area contributed by atoms with Gasteiger partial charge in [-0.3, -0.25) is 4.79 Å². The highest BCUT2D eigenvalue weighted by atomic mass is 19.1. The summed E-state index contributed by atoms with van der Waals surface area (Å²) in [7, 11) is 0. The Hall–Kier alpha value is -2.62. The Kier molecular flexibility index (Phi) is 5.49. The van der Waals surface area contributed by atoms with Crippen molar-refractivity contribution < 1.29 is 13.9 Å². The smallest absolute Gasteiger partial charge is 0.247 e. The molecule has 1 saturated heterocycles. The summed E-state index contributed by atoms with van der Waals surface area (Å²) >= 11 is 0. The summed E-state index contributed by atoms with van der Waals surface area (Å²) in [5.74, 6) is 0.553. The Bertz CT molecular complexity index is 737. The van der Waals surface area contributed by atoms with Crippen molar-refractivity contribution in [2.24, 2.45) is 0 Å². The number of likely N-dealkylation sites (tertiary alicyclic amines) is 1. The van der Waals surface area contributed by atoms with Gasteiger partial charge in [-0.05, 0) is 61.2 Å². The molecule has 1 aliphatic heterocycles. The number of benzene rings is 2. The quantitative estimate of drug-likeness (QED) is 0.745. The number of hydrogen-bond donors (Lipinski definition) is 0. The van der Waals surface area contributed by atoms with Crippen LogP contribution in [-0.4, -0.2) is 24.0 Å². The summed E-state index contributed by atoms with van der Waals surface area (Å²) in [6, 6.07) is 14.2. The van der Waals surface area contributed by atoms with Crippen molar-refractivity contribution >= 4 is 12.0 Å². The fraction of sp³-hybridized carbons (Fsp3) is 0.286. The minimum atomic E-state index is -0.279. The fourth-order valence-corrected chi connectivity index (χ4v) is 3.17. The first-order valence-electron chi connectivity index (χ1n) is 8.64. The van der Waals surface area contributed by atoms with Crippen molar-refractivity contribution in [3.8, 4) is 5.75 Å². The van der Waals surface area contributed by atoms with E-state index in [0.29, 0.717) is 6.61 Å². The van der Waals surface area contributed by atoms with E-state index in [1.807, 2.05) is 36.1 Å². The van der Waals surface area contributed by atoms with Crippen molar-refractivity contribution in [2.45, 2.75) is 25.8 Å². The van der Waals surface area contributed by atoms with Crippen LogP contribution in [0.4, 0.5) is 4.39 Å². The molecule has 0 aliphatic carbocycles. The lowest BCUT2D eigenvalue weighted by molar-refractivity contribution is -0.126. The third-order valence-electron chi connectivity index (χ3n) is 4.40. The van der Waals surface area contributed by atoms with Gasteiger partial charge in [-0.15, -0.1) is 0 Å². The first-order valence-corrected chi connectivity index (χ1v) is 8.64. The minimum Gasteiger partial charge on any atom is -0.494 e. The Morgan fingerprint density at radius 3 is 2.60 bits per heavy atom. The van der Waals surface area contributed by atoms with E-state index >= 15 is 0 Å². The Morgan fingerprint density at radius 2 is 1.92 bits per heavy atom. The Labute approximate surface area is 147 Å². The molecule has 2 aromatic carbocycles. The number of carbonyl (C=O) groups excluding carboxylic acids is 1. The van der Waals surface area contributed by atoms with Gasteiger partial charge in [0.05, 0.1) is 12.6 Å². The second kappa shape index (κ2) is 7.97. The molecule has 1 unspecified atom stereocenters. The maximum atomic E-state index is 12.9. The number of rotatable bonds is 5. The van der Waals surface area contributed by atoms with Crippen molar-refractivity contribution in [2.75, 3.05) is 13.2 Å². The monoisotopic (exact) mass is 339 g/mol. The Morgan fingerprint density at radius 1 is 1.20 bits per heavy atom. The molecule has 1 fully saturated rings. The van der Waals surface area contributed by atoms with Gasteiger partial charge in [0, 0.05) is 12.6 Å². The van der Waals surface area contributed by atoms with Crippen LogP contribution in [-0.2, 0) is 4.79 Å². The van der Waals surface area contributed by atoms with Crippen molar-refractivity contribution in [3.05, 3.63) is 71.6 Å². The molecule has 0 aromatic heterocycles. The summed E-state index contributed by atoms with van der Waals surface area (Å²) in [6.45, 7) is 3.35. The average molecular weight is 339 g/mol. The van der Waals surface area contributed by atoms with E-state index in [2.05, 4.69) is 0 Å². The van der Waals surface area contributed by atoms with Gasteiger partial charge < -0.3 is 9.64 Å². The van der Waals surface area contributed by atoms with E-state index in [1.165, 1.54) is 12.1 Å². The zero-order valence-corrected chi connectivity index (χ0v) is 14.3. The molecule has 1 atom stereocenters. The Balaban J connectivity index is 1.69. The number of halogens is 1. The van der Waals surface area contributed by atoms with Crippen molar-refractivity contribution in [1.29, 1.82) is 0 Å². The van der Waals surface area contributed by atoms with Crippen LogP contribution in [0.3, 0.4) is 0 Å². The van der Waals surface area contributed by atoms with Gasteiger partial charge in [0.2, 0.25) is 5.91 Å². The van der Waals surface area contributed by atoms with E-state index in [1.54, 1.807) is 24.3 Å². The molecule has 0 N–H and O–H groups in total. The molecule has 2 aromatic rings. The molecule has 1 heterocycles. The molecule has 3 nitrogen and oxygen atoms in total. The summed E-state index contributed by atoms with van der Waals surface area (Å²) in [5.41, 5.74) is 1.94. The van der Waals surface area contributed by atoms with Gasteiger partial charge in [-0.25, -0.2) is 4.39 Å². The molecule has 130 valence electrons. The molecule has 4 heteroatoms. The molecular formula is C21H22FNO2. The van der Waals surface area contributed by atoms with E-state index < -0.39 is 0 Å². The number of ether oxygens (including phenoxy) is 1. The average Bonchev–Trinajstić information content (AvgIpc) is 3.12. The topological polar surface area (TPSA) is 29.5 Å². The standard InChI is InChI=1S/C21H22FNO2/c1-2-25-19-12-8-17(9-13-19)20-4-3-15-23(20)21(24)14-7-16-5-10-18(22)11-6-16/h5-14,20H,2-4,15H2,1H3/b14-7+. The van der Waals surface area contributed by atoms with E-state index in [-0.39, 0.29) is 17.8 Å². The molecule has 25 heavy (non-hydrogen) atoms. The predicted octanol–water partition coefficient (Wildman–Crippen LogP) is 4.60. The summed E-state index contributed by atoms with van der Waals surface area (Å²) in [4.78, 5) is 14.5. The molecule has 0 bridgehead atoms. The van der Waals surface area contributed by atoms with Gasteiger partial charge >= 0.3 is 0 Å². The first-order chi connectivity index (χ1) is 12.2. The highest BCUT2D eigenvalue weighted by Gasteiger charge is 2.28. The van der Waals surface area contributed by atoms with Crippen molar-refractivity contribution in [1.82, 2.24) is 4.90 Å². The van der Waals surface area contributed by atoms with Crippen molar-refractivity contribution in [3.63, 3.8) is 0 Å². The molecule has 3 rings (SSSR count). The van der Waals surface area contributed by atoms with Crippen LogP contribution in [0, 0.1) is 5.82 Å². The summed E-state index contributed by atoms with van der Waals surface area (Å²) < 4.78 is 18.4. The normalized spacial score (nSPS) is 17.2. The number of nitrogens with zero attached hydrogens (tertiary/aromatic N) is 1. The maximum absolute atomic E-state index is 12.9. The molecule has 0 spiro atoms. The van der Waals surface area contributed by atoms with Crippen LogP contribution in [0.15, 0.2) is 54.6 Å². The second-order valence-corrected chi connectivity index (χ2v) is 6.08. The molecule has 0 saturated carbocycles. The van der Waals surface area contributed by atoms with Gasteiger partial charge in [-0.2, -0.15) is 0 Å². The lowest BCUT2D eigenvalue weighted by Gasteiger charge is -2.24. The first kappa shape index (κ1) is 17.2. The molecular weight excluding hydrogens is 317 g/mol. The maximum Gasteiger partial charge on any atom is 0.247 e. The summed E-state index contributed by atoms with van der Waals surface area (Å²) in [5, 5.41) is 0. The van der Waals surface area contributed by atoms with E-state index in [0.717, 1.165) is 36.3 Å². The highest BCUT2D eigenvalue weighted by molar-refractivity contribution is 5.92. The fourth-order valence-electron chi connectivity index (χ4n) is 3.17. The minimum absolute atomic E-state index is 0.0132. The summed E-state index contributed by atoms with van der Waals surface area (Å²) in [6.07, 6.45) is 5.26. The lowest BCUT2D eigenvalue weighted by Crippen LogP contribution is -2.28. The lowest BCUT2D eigenvalue weighted by atomic mass is 10.0. The second-order valence-electron chi connectivity index (χ2n) is 6.08. The van der Waals surface area contributed by atoms with E-state index in [4.69, 9.17) is 4.74 Å². The predicted molar refractivity (Wildman–Crippen MR) is 96.7 cm³/mol. The van der Waals surface area contributed by atoms with Crippen LogP contribution >= 0.6 is 0 Å². The van der Waals surface area contributed by atoms with Crippen LogP contribution in [0.5, 0.6) is 5.75 Å². The van der Waals surface area contributed by atoms with Crippen LogP contribution in [0.2, 0.25) is 0 Å². The zero-order chi connectivity index (χ0) is 17.6. The zero-order valence-electron chi connectivity index (χ0n) is 14.3. The van der Waals surface area contributed by atoms with Gasteiger partial charge in [0.1, 0.15) is 11.6 Å². The largest absolute Gasteiger partial charge is 0.494 e. The number of carbonyl (C=O) groups is 1. The third kappa shape index (κ3) is 4.27. The molecule has 0 radical (unpaired) electrons. The van der Waals surface area contributed by atoms with Gasteiger partial charge in [0.15, 0.2) is 0 Å². The highest BCUT2D eigenvalue weighted by Crippen LogP contribution is 2.33. The molecule has 1 aliphatic rings. The van der Waals surface area contributed by atoms with Crippen LogP contribution < -0.4 is 4.74 Å².